The van der Waals surface area contributed by atoms with Crippen molar-refractivity contribution >= 4 is 11.3 Å². The van der Waals surface area contributed by atoms with E-state index in [0.717, 1.165) is 12.1 Å². The molecule has 1 rings (SSSR count). The van der Waals surface area contributed by atoms with Crippen molar-refractivity contribution in [1.82, 2.24) is 4.98 Å². The molecular formula is C10H18N2S. The van der Waals surface area contributed by atoms with Gasteiger partial charge in [-0.15, -0.1) is 11.3 Å². The molecule has 3 heteroatoms. The molecule has 2 nitrogen and oxygen atoms in total. The summed E-state index contributed by atoms with van der Waals surface area (Å²) < 4.78 is 0. The van der Waals surface area contributed by atoms with E-state index < -0.39 is 0 Å². The van der Waals surface area contributed by atoms with E-state index in [2.05, 4.69) is 32.7 Å². The molecule has 13 heavy (non-hydrogen) atoms. The first kappa shape index (κ1) is 10.7. The molecule has 74 valence electrons. The zero-order chi connectivity index (χ0) is 10.1. The molecule has 2 N–H and O–H groups in total. The van der Waals surface area contributed by atoms with Crippen molar-refractivity contribution in [3.05, 3.63) is 15.6 Å². The van der Waals surface area contributed by atoms with Gasteiger partial charge in [0.25, 0.3) is 0 Å². The van der Waals surface area contributed by atoms with Crippen LogP contribution in [0, 0.1) is 13.8 Å². The summed E-state index contributed by atoms with van der Waals surface area (Å²) in [7, 11) is 0. The van der Waals surface area contributed by atoms with Crippen LogP contribution >= 0.6 is 11.3 Å². The van der Waals surface area contributed by atoms with Gasteiger partial charge in [-0.05, 0) is 20.3 Å². The average molecular weight is 198 g/mol. The van der Waals surface area contributed by atoms with Gasteiger partial charge in [0.05, 0.1) is 5.69 Å². The zero-order valence-corrected chi connectivity index (χ0v) is 9.66. The molecule has 1 atom stereocenters. The lowest BCUT2D eigenvalue weighted by Crippen LogP contribution is -2.30. The minimum absolute atomic E-state index is 0.0731. The van der Waals surface area contributed by atoms with Crippen LogP contribution in [0.25, 0.3) is 0 Å². The number of nitrogens with two attached hydrogens (primary N) is 1. The van der Waals surface area contributed by atoms with E-state index in [0.29, 0.717) is 6.54 Å². The second-order valence-electron chi connectivity index (χ2n) is 3.78. The summed E-state index contributed by atoms with van der Waals surface area (Å²) in [6.07, 6.45) is 1.05. The molecule has 0 fully saturated rings. The number of rotatable bonds is 3. The minimum atomic E-state index is 0.0731. The van der Waals surface area contributed by atoms with Crippen molar-refractivity contribution in [3.63, 3.8) is 0 Å². The van der Waals surface area contributed by atoms with Gasteiger partial charge in [-0.2, -0.15) is 0 Å². The highest BCUT2D eigenvalue weighted by atomic mass is 32.1. The minimum Gasteiger partial charge on any atom is -0.330 e. The Balaban J connectivity index is 3.05. The number of aryl methyl sites for hydroxylation is 2. The molecule has 0 amide bonds. The summed E-state index contributed by atoms with van der Waals surface area (Å²) in [4.78, 5) is 5.87. The van der Waals surface area contributed by atoms with Crippen LogP contribution in [-0.2, 0) is 5.41 Å². The third-order valence-corrected chi connectivity index (χ3v) is 4.15. The molecule has 0 aliphatic carbocycles. The highest BCUT2D eigenvalue weighted by molar-refractivity contribution is 7.11. The van der Waals surface area contributed by atoms with Gasteiger partial charge in [-0.1, -0.05) is 13.8 Å². The molecule has 0 aliphatic heterocycles. The van der Waals surface area contributed by atoms with E-state index in [1.807, 2.05) is 0 Å². The number of hydrogen-bond acceptors (Lipinski definition) is 3. The second-order valence-corrected chi connectivity index (χ2v) is 4.98. The van der Waals surface area contributed by atoms with Crippen LogP contribution in [0.4, 0.5) is 0 Å². The Labute approximate surface area is 84.2 Å². The first-order chi connectivity index (χ1) is 6.03. The van der Waals surface area contributed by atoms with E-state index in [-0.39, 0.29) is 5.41 Å². The molecule has 1 heterocycles. The van der Waals surface area contributed by atoms with Crippen LogP contribution in [0.3, 0.4) is 0 Å². The van der Waals surface area contributed by atoms with Crippen molar-refractivity contribution in [2.24, 2.45) is 5.73 Å². The number of thiazole rings is 1. The van der Waals surface area contributed by atoms with Gasteiger partial charge in [0.1, 0.15) is 5.01 Å². The van der Waals surface area contributed by atoms with Crippen molar-refractivity contribution < 1.29 is 0 Å². The van der Waals surface area contributed by atoms with Crippen molar-refractivity contribution in [2.75, 3.05) is 6.54 Å². The molecule has 0 saturated heterocycles. The SMILES string of the molecule is CCC(C)(CN)c1nc(C)c(C)s1. The molecule has 1 aromatic rings. The molecule has 0 aromatic carbocycles. The van der Waals surface area contributed by atoms with Gasteiger partial charge in [-0.25, -0.2) is 4.98 Å². The summed E-state index contributed by atoms with van der Waals surface area (Å²) >= 11 is 1.78. The lowest BCUT2D eigenvalue weighted by molar-refractivity contribution is 0.464. The first-order valence-electron chi connectivity index (χ1n) is 4.68. The van der Waals surface area contributed by atoms with E-state index in [4.69, 9.17) is 5.73 Å². The highest BCUT2D eigenvalue weighted by Crippen LogP contribution is 2.31. The maximum atomic E-state index is 5.78. The molecule has 1 aromatic heterocycles. The molecule has 1 unspecified atom stereocenters. The van der Waals surface area contributed by atoms with E-state index in [9.17, 15) is 0 Å². The van der Waals surface area contributed by atoms with E-state index in [1.54, 1.807) is 11.3 Å². The Morgan fingerprint density at radius 1 is 1.46 bits per heavy atom. The van der Waals surface area contributed by atoms with Crippen LogP contribution in [0.5, 0.6) is 0 Å². The largest absolute Gasteiger partial charge is 0.330 e. The number of nitrogens with zero attached hydrogens (tertiary/aromatic N) is 1. The molecule has 0 radical (unpaired) electrons. The quantitative estimate of drug-likeness (QED) is 0.810. The topological polar surface area (TPSA) is 38.9 Å². The molecule has 0 saturated carbocycles. The zero-order valence-electron chi connectivity index (χ0n) is 8.85. The third-order valence-electron chi connectivity index (χ3n) is 2.78. The van der Waals surface area contributed by atoms with Gasteiger partial charge in [0, 0.05) is 16.8 Å². The Morgan fingerprint density at radius 2 is 2.08 bits per heavy atom. The van der Waals surface area contributed by atoms with Crippen LogP contribution in [0.15, 0.2) is 0 Å². The fourth-order valence-corrected chi connectivity index (χ4v) is 2.25. The van der Waals surface area contributed by atoms with E-state index >= 15 is 0 Å². The summed E-state index contributed by atoms with van der Waals surface area (Å²) in [6, 6.07) is 0. The summed E-state index contributed by atoms with van der Waals surface area (Å²) in [5.41, 5.74) is 7.00. The summed E-state index contributed by atoms with van der Waals surface area (Å²) in [5, 5.41) is 1.19. The monoisotopic (exact) mass is 198 g/mol. The highest BCUT2D eigenvalue weighted by Gasteiger charge is 2.26. The Kier molecular flexibility index (Phi) is 3.09. The van der Waals surface area contributed by atoms with Crippen LogP contribution in [-0.4, -0.2) is 11.5 Å². The van der Waals surface area contributed by atoms with Crippen LogP contribution in [0.2, 0.25) is 0 Å². The Bertz CT molecular complexity index is 268. The van der Waals surface area contributed by atoms with Crippen molar-refractivity contribution in [3.8, 4) is 0 Å². The third kappa shape index (κ3) is 1.92. The summed E-state index contributed by atoms with van der Waals surface area (Å²) in [6.45, 7) is 9.20. The van der Waals surface area contributed by atoms with Crippen LogP contribution in [0.1, 0.15) is 35.8 Å². The smallest absolute Gasteiger partial charge is 0.100 e. The average Bonchev–Trinajstić information content (AvgIpc) is 2.46. The normalized spacial score (nSPS) is 15.8. The lowest BCUT2D eigenvalue weighted by atomic mass is 9.89. The standard InChI is InChI=1S/C10H18N2S/c1-5-10(4,6-11)9-12-7(2)8(3)13-9/h5-6,11H2,1-4H3. The maximum absolute atomic E-state index is 5.78. The number of aromatic nitrogens is 1. The fraction of sp³-hybridized carbons (Fsp3) is 0.700. The Morgan fingerprint density at radius 3 is 2.38 bits per heavy atom. The lowest BCUT2D eigenvalue weighted by Gasteiger charge is -2.23. The molecule has 0 bridgehead atoms. The van der Waals surface area contributed by atoms with Crippen molar-refractivity contribution in [2.45, 2.75) is 39.5 Å². The molecule has 0 aliphatic rings. The van der Waals surface area contributed by atoms with Gasteiger partial charge in [0.15, 0.2) is 0 Å². The van der Waals surface area contributed by atoms with Gasteiger partial charge >= 0.3 is 0 Å². The van der Waals surface area contributed by atoms with Crippen LogP contribution < -0.4 is 5.73 Å². The molecule has 0 spiro atoms. The van der Waals surface area contributed by atoms with Crippen molar-refractivity contribution in [1.29, 1.82) is 0 Å². The van der Waals surface area contributed by atoms with Gasteiger partial charge in [-0.3, -0.25) is 0 Å². The maximum Gasteiger partial charge on any atom is 0.100 e. The van der Waals surface area contributed by atoms with Gasteiger partial charge < -0.3 is 5.73 Å². The predicted molar refractivity (Wildman–Crippen MR) is 58.3 cm³/mol. The second kappa shape index (κ2) is 3.76. The van der Waals surface area contributed by atoms with Gasteiger partial charge in [0.2, 0.25) is 0 Å². The first-order valence-corrected chi connectivity index (χ1v) is 5.49. The Hall–Kier alpha value is -0.410. The summed E-state index contributed by atoms with van der Waals surface area (Å²) in [5.74, 6) is 0. The number of hydrogen-bond donors (Lipinski definition) is 1. The predicted octanol–water partition coefficient (Wildman–Crippen LogP) is 2.39. The van der Waals surface area contributed by atoms with E-state index in [1.165, 1.54) is 9.88 Å². The fourth-order valence-electron chi connectivity index (χ4n) is 1.11. The molecular weight excluding hydrogens is 180 g/mol.